The molecule has 53 heavy (non-hydrogen) atoms. The van der Waals surface area contributed by atoms with Gasteiger partial charge in [0, 0.05) is 23.1 Å². The van der Waals surface area contributed by atoms with Crippen LogP contribution in [0.25, 0.3) is 0 Å². The van der Waals surface area contributed by atoms with E-state index in [4.69, 9.17) is 14.6 Å². The number of hydrogen-bond donors (Lipinski definition) is 2. The number of carbonyl (C=O) groups excluding carboxylic acids is 2. The zero-order chi connectivity index (χ0) is 39.6. The average molecular weight is 767 g/mol. The van der Waals surface area contributed by atoms with E-state index >= 15 is 0 Å². The molecule has 2 N–H and O–H groups in total. The topological polar surface area (TPSA) is 110 Å². The van der Waals surface area contributed by atoms with Crippen molar-refractivity contribution in [3.63, 3.8) is 0 Å². The van der Waals surface area contributed by atoms with Crippen molar-refractivity contribution in [2.75, 3.05) is 40.9 Å². The predicted octanol–water partition coefficient (Wildman–Crippen LogP) is 7.19. The molecule has 0 aromatic heterocycles. The van der Waals surface area contributed by atoms with Gasteiger partial charge in [0.05, 0.1) is 27.7 Å². The molecule has 0 spiro atoms. The van der Waals surface area contributed by atoms with Gasteiger partial charge in [0.2, 0.25) is 0 Å². The molecule has 0 bridgehead atoms. The molecule has 0 aliphatic carbocycles. The highest BCUT2D eigenvalue weighted by Crippen LogP contribution is 2.14. The van der Waals surface area contributed by atoms with Crippen LogP contribution < -0.4 is 12.4 Å². The fourth-order valence-electron chi connectivity index (χ4n) is 5.11. The van der Waals surface area contributed by atoms with Crippen LogP contribution in [0.3, 0.4) is 0 Å². The quantitative estimate of drug-likeness (QED) is 0.0422. The number of esters is 2. The van der Waals surface area contributed by atoms with Gasteiger partial charge in [0.25, 0.3) is 0 Å². The second kappa shape index (κ2) is 36.1. The van der Waals surface area contributed by atoms with Crippen LogP contribution in [0, 0.1) is 0 Å². The third-order valence-electron chi connectivity index (χ3n) is 8.17. The molecule has 1 rings (SSSR count). The minimum atomic E-state index is -0.786. The summed E-state index contributed by atoms with van der Waals surface area (Å²) in [7, 11) is 5.89. The first-order valence-corrected chi connectivity index (χ1v) is 19.7. The van der Waals surface area contributed by atoms with Gasteiger partial charge >= 0.3 is 17.9 Å². The number of rotatable bonds is 27. The number of hydrogen-bond acceptors (Lipinski definition) is 6. The van der Waals surface area contributed by atoms with Gasteiger partial charge in [-0.3, -0.25) is 0 Å². The van der Waals surface area contributed by atoms with Crippen molar-refractivity contribution in [1.29, 1.82) is 0 Å². The van der Waals surface area contributed by atoms with Gasteiger partial charge in [0.15, 0.2) is 0 Å². The second-order valence-electron chi connectivity index (χ2n) is 14.9. The summed E-state index contributed by atoms with van der Waals surface area (Å²) in [5, 5.41) is 18.2. The van der Waals surface area contributed by atoms with E-state index < -0.39 is 18.0 Å². The predicted molar refractivity (Wildman–Crippen MR) is 216 cm³/mol. The highest BCUT2D eigenvalue weighted by molar-refractivity contribution is 5.87. The molecule has 0 aliphatic rings. The second-order valence-corrected chi connectivity index (χ2v) is 14.9. The molecule has 1 aromatic carbocycles. The van der Waals surface area contributed by atoms with Crippen LogP contribution in [-0.4, -0.2) is 79.6 Å². The standard InChI is InChI=1S/C22H42O2.C12H14O2.C10H20NO3.ClH/c1-3-4-5-6-7-8-9-10-11-12-13-14-15-16-17-18-19-20-21(2)22(23)24;1-10(2)12(13)14-9-8-11-6-4-3-5-7-11;1-8(2)10(13)14-7-9(12)6-11(3,4)5;/h20H,3-19H2,1-2H3,(H,23,24);3-7H,1,8-9H2,2H3;9,12H,1,6-7H2,2-5H3;1H/q;;+1;/p-1. The van der Waals surface area contributed by atoms with E-state index in [1.54, 1.807) is 20.8 Å². The lowest BCUT2D eigenvalue weighted by atomic mass is 10.0. The number of carboxylic acid groups (broad SMARTS) is 1. The Morgan fingerprint density at radius 3 is 1.53 bits per heavy atom. The summed E-state index contributed by atoms with van der Waals surface area (Å²) >= 11 is 0. The van der Waals surface area contributed by atoms with Crippen LogP contribution in [0.15, 0.2) is 66.3 Å². The largest absolute Gasteiger partial charge is 1.00 e. The maximum atomic E-state index is 11.0. The molecular formula is C44H76ClNO7. The van der Waals surface area contributed by atoms with E-state index in [1.165, 1.54) is 102 Å². The number of ether oxygens (including phenoxy) is 2. The van der Waals surface area contributed by atoms with Gasteiger partial charge in [0.1, 0.15) is 19.3 Å². The van der Waals surface area contributed by atoms with Crippen molar-refractivity contribution >= 4 is 17.9 Å². The Labute approximate surface area is 330 Å². The molecule has 1 aromatic rings. The number of aliphatic hydroxyl groups excluding tert-OH is 1. The number of aliphatic carboxylic acids is 1. The van der Waals surface area contributed by atoms with Crippen molar-refractivity contribution in [3.05, 3.63) is 71.8 Å². The van der Waals surface area contributed by atoms with Gasteiger partial charge in [-0.1, -0.05) is 153 Å². The maximum absolute atomic E-state index is 11.0. The van der Waals surface area contributed by atoms with Crippen LogP contribution >= 0.6 is 0 Å². The van der Waals surface area contributed by atoms with Gasteiger partial charge in [-0.05, 0) is 39.2 Å². The van der Waals surface area contributed by atoms with Crippen LogP contribution in [0.1, 0.15) is 142 Å². The zero-order valence-corrected chi connectivity index (χ0v) is 35.3. The Morgan fingerprint density at radius 1 is 0.717 bits per heavy atom. The molecule has 8 nitrogen and oxygen atoms in total. The summed E-state index contributed by atoms with van der Waals surface area (Å²) in [6, 6.07) is 9.92. The van der Waals surface area contributed by atoms with Crippen molar-refractivity contribution in [3.8, 4) is 0 Å². The summed E-state index contributed by atoms with van der Waals surface area (Å²) < 4.78 is 10.4. The Morgan fingerprint density at radius 2 is 1.13 bits per heavy atom. The SMILES string of the molecule is C=C(C)C(=O)OCC(O)C[N+](C)(C)C.C=C(C)C(=O)OCCc1ccccc1.CCCCCCCCCCCCCCCCCCC=C(C)C(=O)O.[Cl-]. The highest BCUT2D eigenvalue weighted by Gasteiger charge is 2.17. The lowest BCUT2D eigenvalue weighted by molar-refractivity contribution is -0.873. The third-order valence-corrected chi connectivity index (χ3v) is 8.17. The van der Waals surface area contributed by atoms with E-state index in [1.807, 2.05) is 57.6 Å². The number of unbranched alkanes of at least 4 members (excludes halogenated alkanes) is 16. The van der Waals surface area contributed by atoms with Gasteiger partial charge in [-0.2, -0.15) is 0 Å². The smallest absolute Gasteiger partial charge is 0.333 e. The molecule has 0 saturated heterocycles. The number of aliphatic hydroxyl groups is 1. The van der Waals surface area contributed by atoms with Crippen LogP contribution in [0.2, 0.25) is 0 Å². The first-order valence-electron chi connectivity index (χ1n) is 19.7. The summed E-state index contributed by atoms with van der Waals surface area (Å²) in [6.07, 6.45) is 24.9. The van der Waals surface area contributed by atoms with Crippen LogP contribution in [0.4, 0.5) is 0 Å². The Balaban J connectivity index is -0.000000743. The van der Waals surface area contributed by atoms with Crippen molar-refractivity contribution in [2.45, 2.75) is 149 Å². The minimum Gasteiger partial charge on any atom is -1.00 e. The van der Waals surface area contributed by atoms with Crippen molar-refractivity contribution in [2.24, 2.45) is 0 Å². The van der Waals surface area contributed by atoms with E-state index in [2.05, 4.69) is 20.1 Å². The fraction of sp³-hybridized carbons (Fsp3) is 0.659. The molecule has 0 saturated carbocycles. The molecular weight excluding hydrogens is 690 g/mol. The monoisotopic (exact) mass is 766 g/mol. The number of halogens is 1. The van der Waals surface area contributed by atoms with E-state index in [0.717, 1.165) is 19.3 Å². The Kier molecular flexibility index (Phi) is 37.0. The number of carbonyl (C=O) groups is 3. The average Bonchev–Trinajstić information content (AvgIpc) is 3.08. The van der Waals surface area contributed by atoms with Crippen LogP contribution in [-0.2, 0) is 30.3 Å². The number of carboxylic acids is 1. The molecule has 306 valence electrons. The first-order chi connectivity index (χ1) is 24.6. The number of quaternary nitrogens is 1. The molecule has 0 fully saturated rings. The van der Waals surface area contributed by atoms with E-state index in [0.29, 0.717) is 34.4 Å². The first kappa shape index (κ1) is 54.4. The molecule has 0 radical (unpaired) electrons. The van der Waals surface area contributed by atoms with Gasteiger partial charge in [-0.15, -0.1) is 0 Å². The van der Waals surface area contributed by atoms with Crippen molar-refractivity contribution < 1.29 is 51.0 Å². The van der Waals surface area contributed by atoms with E-state index in [9.17, 15) is 19.5 Å². The number of benzene rings is 1. The Bertz CT molecular complexity index is 1130. The molecule has 0 heterocycles. The molecule has 9 heteroatoms. The summed E-state index contributed by atoms with van der Waals surface area (Å²) in [6.45, 7) is 15.1. The third kappa shape index (κ3) is 40.1. The fourth-order valence-corrected chi connectivity index (χ4v) is 5.11. The molecule has 0 amide bonds. The number of nitrogens with zero attached hydrogens (tertiary/aromatic N) is 1. The molecule has 1 atom stereocenters. The highest BCUT2D eigenvalue weighted by atomic mass is 35.5. The van der Waals surface area contributed by atoms with Crippen LogP contribution in [0.5, 0.6) is 0 Å². The summed E-state index contributed by atoms with van der Waals surface area (Å²) in [4.78, 5) is 32.6. The van der Waals surface area contributed by atoms with E-state index in [-0.39, 0.29) is 25.0 Å². The molecule has 1 unspecified atom stereocenters. The summed E-state index contributed by atoms with van der Waals surface area (Å²) in [5.74, 6) is -1.56. The summed E-state index contributed by atoms with van der Waals surface area (Å²) in [5.41, 5.74) is 2.44. The van der Waals surface area contributed by atoms with Gasteiger partial charge in [-0.25, -0.2) is 14.4 Å². The lowest BCUT2D eigenvalue weighted by Gasteiger charge is -2.26. The molecule has 0 aliphatic heterocycles. The zero-order valence-electron chi connectivity index (χ0n) is 34.6. The maximum Gasteiger partial charge on any atom is 0.333 e. The number of likely N-dealkylation sites (N-methyl/N-ethyl adjacent to an activating group) is 1. The van der Waals surface area contributed by atoms with Crippen molar-refractivity contribution in [1.82, 2.24) is 0 Å². The lowest BCUT2D eigenvalue weighted by Crippen LogP contribution is -3.00. The minimum absolute atomic E-state index is 0. The normalized spacial score (nSPS) is 11.4. The Hall–Kier alpha value is -2.94. The number of allylic oxidation sites excluding steroid dienone is 1. The van der Waals surface area contributed by atoms with Gasteiger partial charge < -0.3 is 36.6 Å².